The molecule has 1 saturated carbocycles. The van der Waals surface area contributed by atoms with Crippen LogP contribution in [0.15, 0.2) is 17.2 Å². The zero-order valence-corrected chi connectivity index (χ0v) is 13.2. The number of aromatic amines is 1. The Hall–Kier alpha value is -0.890. The van der Waals surface area contributed by atoms with Gasteiger partial charge < -0.3 is 15.0 Å². The first-order valence-corrected chi connectivity index (χ1v) is 9.02. The SMILES string of the molecule is CC1CN(S(=O)(=O)c2c[nH]c(CNC3CC3)c2)CCCO1. The normalized spacial score (nSPS) is 24.9. The third-order valence-corrected chi connectivity index (χ3v) is 5.77. The number of aromatic nitrogens is 1. The second kappa shape index (κ2) is 6.08. The van der Waals surface area contributed by atoms with Gasteiger partial charge in [-0.1, -0.05) is 0 Å². The van der Waals surface area contributed by atoms with E-state index in [9.17, 15) is 8.42 Å². The number of hydrogen-bond donors (Lipinski definition) is 2. The van der Waals surface area contributed by atoms with E-state index in [-0.39, 0.29) is 6.10 Å². The summed E-state index contributed by atoms with van der Waals surface area (Å²) in [7, 11) is -3.43. The standard InChI is InChI=1S/C14H23N3O3S/c1-11-10-17(5-2-6-20-11)21(18,19)14-7-13(16-9-14)8-15-12-3-4-12/h7,9,11-12,15-16H,2-6,8,10H2,1H3. The second-order valence-electron chi connectivity index (χ2n) is 5.91. The van der Waals surface area contributed by atoms with Crippen LogP contribution in [0.1, 0.15) is 31.9 Å². The fraction of sp³-hybridized carbons (Fsp3) is 0.714. The molecule has 1 aliphatic carbocycles. The highest BCUT2D eigenvalue weighted by Crippen LogP contribution is 2.21. The van der Waals surface area contributed by atoms with Gasteiger partial charge in [-0.05, 0) is 32.3 Å². The van der Waals surface area contributed by atoms with Crippen LogP contribution in [-0.4, -0.2) is 49.5 Å². The van der Waals surface area contributed by atoms with Crippen molar-refractivity contribution in [2.45, 2.75) is 49.8 Å². The predicted molar refractivity (Wildman–Crippen MR) is 79.4 cm³/mol. The number of sulfonamides is 1. The first kappa shape index (κ1) is 15.0. The molecule has 0 spiro atoms. The first-order chi connectivity index (χ1) is 10.1. The first-order valence-electron chi connectivity index (χ1n) is 7.58. The van der Waals surface area contributed by atoms with Gasteiger partial charge in [-0.2, -0.15) is 4.31 Å². The van der Waals surface area contributed by atoms with Gasteiger partial charge in [0.05, 0.1) is 11.0 Å². The van der Waals surface area contributed by atoms with Crippen molar-refractivity contribution in [3.63, 3.8) is 0 Å². The fourth-order valence-corrected chi connectivity index (χ4v) is 4.11. The summed E-state index contributed by atoms with van der Waals surface area (Å²) in [6, 6.07) is 2.35. The smallest absolute Gasteiger partial charge is 0.244 e. The highest BCUT2D eigenvalue weighted by molar-refractivity contribution is 7.89. The van der Waals surface area contributed by atoms with Gasteiger partial charge in [-0.15, -0.1) is 0 Å². The summed E-state index contributed by atoms with van der Waals surface area (Å²) < 4.78 is 32.4. The summed E-state index contributed by atoms with van der Waals surface area (Å²) in [5.74, 6) is 0. The minimum absolute atomic E-state index is 0.0581. The molecule has 1 aliphatic heterocycles. The van der Waals surface area contributed by atoms with E-state index in [0.29, 0.717) is 37.2 Å². The van der Waals surface area contributed by atoms with E-state index >= 15 is 0 Å². The van der Waals surface area contributed by atoms with Gasteiger partial charge in [-0.3, -0.25) is 0 Å². The molecule has 2 aliphatic rings. The van der Waals surface area contributed by atoms with Crippen molar-refractivity contribution in [1.82, 2.24) is 14.6 Å². The van der Waals surface area contributed by atoms with Crippen LogP contribution in [0, 0.1) is 0 Å². The lowest BCUT2D eigenvalue weighted by molar-refractivity contribution is 0.0752. The zero-order valence-electron chi connectivity index (χ0n) is 12.3. The van der Waals surface area contributed by atoms with Crippen molar-refractivity contribution in [3.05, 3.63) is 18.0 Å². The van der Waals surface area contributed by atoms with Crippen molar-refractivity contribution in [3.8, 4) is 0 Å². The molecule has 21 heavy (non-hydrogen) atoms. The van der Waals surface area contributed by atoms with Crippen molar-refractivity contribution >= 4 is 10.0 Å². The quantitative estimate of drug-likeness (QED) is 0.852. The van der Waals surface area contributed by atoms with E-state index in [4.69, 9.17) is 4.74 Å². The van der Waals surface area contributed by atoms with E-state index < -0.39 is 10.0 Å². The highest BCUT2D eigenvalue weighted by atomic mass is 32.2. The lowest BCUT2D eigenvalue weighted by Gasteiger charge is -2.20. The molecule has 0 bridgehead atoms. The maximum absolute atomic E-state index is 12.7. The lowest BCUT2D eigenvalue weighted by Crippen LogP contribution is -2.35. The Balaban J connectivity index is 1.70. The summed E-state index contributed by atoms with van der Waals surface area (Å²) in [4.78, 5) is 3.41. The number of nitrogens with zero attached hydrogens (tertiary/aromatic N) is 1. The number of H-pyrrole nitrogens is 1. The third kappa shape index (κ3) is 3.66. The lowest BCUT2D eigenvalue weighted by atomic mass is 10.4. The number of rotatable bonds is 5. The second-order valence-corrected chi connectivity index (χ2v) is 7.85. The summed E-state index contributed by atoms with van der Waals surface area (Å²) in [5.41, 5.74) is 0.916. The van der Waals surface area contributed by atoms with Crippen LogP contribution >= 0.6 is 0 Å². The molecule has 2 fully saturated rings. The van der Waals surface area contributed by atoms with Gasteiger partial charge in [0.15, 0.2) is 0 Å². The maximum atomic E-state index is 12.7. The Morgan fingerprint density at radius 3 is 3.05 bits per heavy atom. The molecule has 7 heteroatoms. The largest absolute Gasteiger partial charge is 0.377 e. The number of hydrogen-bond acceptors (Lipinski definition) is 4. The molecule has 6 nitrogen and oxygen atoms in total. The minimum Gasteiger partial charge on any atom is -0.377 e. The van der Waals surface area contributed by atoms with Crippen molar-refractivity contribution < 1.29 is 13.2 Å². The molecule has 2 N–H and O–H groups in total. The monoisotopic (exact) mass is 313 g/mol. The van der Waals surface area contributed by atoms with Gasteiger partial charge in [0.2, 0.25) is 10.0 Å². The van der Waals surface area contributed by atoms with Crippen molar-refractivity contribution in [2.24, 2.45) is 0 Å². The van der Waals surface area contributed by atoms with E-state index in [1.165, 1.54) is 17.1 Å². The molecule has 1 atom stereocenters. The summed E-state index contributed by atoms with van der Waals surface area (Å²) >= 11 is 0. The van der Waals surface area contributed by atoms with Crippen LogP contribution in [0.2, 0.25) is 0 Å². The molecule has 1 unspecified atom stereocenters. The van der Waals surface area contributed by atoms with Crippen molar-refractivity contribution in [2.75, 3.05) is 19.7 Å². The molecule has 1 aromatic rings. The topological polar surface area (TPSA) is 74.4 Å². The Morgan fingerprint density at radius 2 is 2.29 bits per heavy atom. The van der Waals surface area contributed by atoms with Gasteiger partial charge in [0.1, 0.15) is 0 Å². The Kier molecular flexibility index (Phi) is 4.35. The summed E-state index contributed by atoms with van der Waals surface area (Å²) in [5, 5.41) is 3.37. The third-order valence-electron chi connectivity index (χ3n) is 3.93. The van der Waals surface area contributed by atoms with Gasteiger partial charge >= 0.3 is 0 Å². The van der Waals surface area contributed by atoms with Gasteiger partial charge in [0.25, 0.3) is 0 Å². The molecule has 1 saturated heterocycles. The van der Waals surface area contributed by atoms with Crippen LogP contribution < -0.4 is 5.32 Å². The average molecular weight is 313 g/mol. The van der Waals surface area contributed by atoms with Gasteiger partial charge in [-0.25, -0.2) is 8.42 Å². The van der Waals surface area contributed by atoms with Crippen LogP contribution in [0.3, 0.4) is 0 Å². The zero-order chi connectivity index (χ0) is 14.9. The predicted octanol–water partition coefficient (Wildman–Crippen LogP) is 1.07. The van der Waals surface area contributed by atoms with E-state index in [0.717, 1.165) is 12.1 Å². The molecule has 3 rings (SSSR count). The molecule has 2 heterocycles. The highest BCUT2D eigenvalue weighted by Gasteiger charge is 2.29. The Labute approximate surface area is 125 Å². The minimum atomic E-state index is -3.43. The number of nitrogens with one attached hydrogen (secondary N) is 2. The average Bonchev–Trinajstić information content (AvgIpc) is 3.19. The van der Waals surface area contributed by atoms with Crippen LogP contribution in [0.5, 0.6) is 0 Å². The summed E-state index contributed by atoms with van der Waals surface area (Å²) in [6.45, 7) is 4.17. The van der Waals surface area contributed by atoms with Crippen LogP contribution in [0.25, 0.3) is 0 Å². The molecule has 0 radical (unpaired) electrons. The number of ether oxygens (including phenoxy) is 1. The molecular formula is C14H23N3O3S. The molecule has 118 valence electrons. The molecule has 0 amide bonds. The maximum Gasteiger partial charge on any atom is 0.244 e. The van der Waals surface area contributed by atoms with E-state index in [1.807, 2.05) is 6.92 Å². The molecule has 1 aromatic heterocycles. The Bertz CT molecular complexity index is 580. The van der Waals surface area contributed by atoms with Gasteiger partial charge in [0, 0.05) is 44.2 Å². The van der Waals surface area contributed by atoms with E-state index in [1.54, 1.807) is 12.3 Å². The van der Waals surface area contributed by atoms with E-state index in [2.05, 4.69) is 10.3 Å². The summed E-state index contributed by atoms with van der Waals surface area (Å²) in [6.07, 6.45) is 4.71. The fourth-order valence-electron chi connectivity index (χ4n) is 2.54. The Morgan fingerprint density at radius 1 is 1.48 bits per heavy atom. The van der Waals surface area contributed by atoms with Crippen LogP contribution in [-0.2, 0) is 21.3 Å². The van der Waals surface area contributed by atoms with Crippen molar-refractivity contribution in [1.29, 1.82) is 0 Å². The molecular weight excluding hydrogens is 290 g/mol. The van der Waals surface area contributed by atoms with Crippen LogP contribution in [0.4, 0.5) is 0 Å². The molecule has 0 aromatic carbocycles.